The number of esters is 2. The summed E-state index contributed by atoms with van der Waals surface area (Å²) in [5, 5.41) is -0.503. The molecule has 2 unspecified atom stereocenters. The zero-order chi connectivity index (χ0) is 13.7. The molecule has 1 rings (SSSR count). The molecule has 98 valence electrons. The first-order valence-corrected chi connectivity index (χ1v) is 6.01. The van der Waals surface area contributed by atoms with Crippen molar-refractivity contribution in [2.24, 2.45) is 4.99 Å². The molecular formula is C11H13BrN2O4. The summed E-state index contributed by atoms with van der Waals surface area (Å²) in [4.78, 5) is 29.0. The topological polar surface area (TPSA) is 68.2 Å². The highest BCUT2D eigenvalue weighted by Gasteiger charge is 2.44. The molecule has 0 fully saturated rings. The van der Waals surface area contributed by atoms with Crippen molar-refractivity contribution in [2.75, 3.05) is 20.8 Å². The average molecular weight is 317 g/mol. The number of aliphatic imine (C=N–C) groups is 1. The molecule has 0 amide bonds. The van der Waals surface area contributed by atoms with Gasteiger partial charge in [0.25, 0.3) is 0 Å². The maximum atomic E-state index is 11.7. The first kappa shape index (κ1) is 14.7. The minimum absolute atomic E-state index is 0.0177. The second kappa shape index (κ2) is 6.52. The zero-order valence-electron chi connectivity index (χ0n) is 10.3. The van der Waals surface area contributed by atoms with Crippen LogP contribution in [-0.4, -0.2) is 54.4 Å². The van der Waals surface area contributed by atoms with E-state index >= 15 is 0 Å². The van der Waals surface area contributed by atoms with Crippen molar-refractivity contribution in [2.45, 2.75) is 18.0 Å². The van der Waals surface area contributed by atoms with Crippen LogP contribution in [0.15, 0.2) is 4.99 Å². The molecule has 0 aromatic rings. The van der Waals surface area contributed by atoms with Crippen LogP contribution in [0, 0.1) is 11.8 Å². The molecule has 18 heavy (non-hydrogen) atoms. The lowest BCUT2D eigenvalue weighted by molar-refractivity contribution is -0.145. The van der Waals surface area contributed by atoms with Gasteiger partial charge in [-0.05, 0) is 22.9 Å². The quantitative estimate of drug-likeness (QED) is 0.321. The minimum atomic E-state index is -0.896. The first-order valence-electron chi connectivity index (χ1n) is 5.10. The SMILES string of the molecule is CC#CCN1C(Br)N=C(C(=O)OC)C1C(=O)OC. The van der Waals surface area contributed by atoms with Crippen molar-refractivity contribution in [1.29, 1.82) is 0 Å². The van der Waals surface area contributed by atoms with E-state index < -0.39 is 23.1 Å². The van der Waals surface area contributed by atoms with Gasteiger partial charge in [0.2, 0.25) is 0 Å². The minimum Gasteiger partial charge on any atom is -0.468 e. The van der Waals surface area contributed by atoms with Crippen LogP contribution in [-0.2, 0) is 19.1 Å². The lowest BCUT2D eigenvalue weighted by atomic mass is 10.1. The van der Waals surface area contributed by atoms with Gasteiger partial charge in [0.05, 0.1) is 20.8 Å². The number of ether oxygens (including phenoxy) is 2. The standard InChI is InChI=1S/C11H13BrN2O4/c1-4-5-6-14-8(10(16)18-3)7(9(15)17-2)13-11(14)12/h8,11H,6H2,1-3H3. The Kier molecular flexibility index (Phi) is 5.31. The Labute approximate surface area is 113 Å². The van der Waals surface area contributed by atoms with Crippen molar-refractivity contribution < 1.29 is 19.1 Å². The van der Waals surface area contributed by atoms with E-state index in [2.05, 4.69) is 42.2 Å². The molecule has 0 bridgehead atoms. The molecule has 6 nitrogen and oxygen atoms in total. The third kappa shape index (κ3) is 2.89. The molecule has 0 aromatic heterocycles. The molecule has 2 atom stereocenters. The van der Waals surface area contributed by atoms with Crippen LogP contribution in [0.3, 0.4) is 0 Å². The summed E-state index contributed by atoms with van der Waals surface area (Å²) in [6, 6.07) is -0.896. The summed E-state index contributed by atoms with van der Waals surface area (Å²) in [5.74, 6) is 4.32. The average Bonchev–Trinajstić information content (AvgIpc) is 2.71. The van der Waals surface area contributed by atoms with E-state index in [1.54, 1.807) is 11.8 Å². The number of carbonyl (C=O) groups is 2. The molecule has 0 aromatic carbocycles. The summed E-state index contributed by atoms with van der Waals surface area (Å²) in [7, 11) is 2.49. The summed E-state index contributed by atoms with van der Waals surface area (Å²) in [5.41, 5.74) is 0.0177. The van der Waals surface area contributed by atoms with E-state index in [9.17, 15) is 9.59 Å². The number of nitrogens with zero attached hydrogens (tertiary/aromatic N) is 2. The van der Waals surface area contributed by atoms with Crippen molar-refractivity contribution in [3.05, 3.63) is 0 Å². The number of hydrogen-bond acceptors (Lipinski definition) is 6. The van der Waals surface area contributed by atoms with Gasteiger partial charge >= 0.3 is 11.9 Å². The monoisotopic (exact) mass is 316 g/mol. The van der Waals surface area contributed by atoms with Gasteiger partial charge in [-0.3, -0.25) is 0 Å². The highest BCUT2D eigenvalue weighted by Crippen LogP contribution is 2.23. The van der Waals surface area contributed by atoms with Crippen molar-refractivity contribution in [3.8, 4) is 11.8 Å². The Morgan fingerprint density at radius 1 is 1.44 bits per heavy atom. The van der Waals surface area contributed by atoms with Gasteiger partial charge in [-0.25, -0.2) is 19.5 Å². The van der Waals surface area contributed by atoms with Gasteiger partial charge in [0.15, 0.2) is 16.8 Å². The molecule has 0 aliphatic carbocycles. The highest BCUT2D eigenvalue weighted by molar-refractivity contribution is 9.09. The summed E-state index contributed by atoms with van der Waals surface area (Å²) in [6.07, 6.45) is 0. The lowest BCUT2D eigenvalue weighted by Gasteiger charge is -2.22. The molecule has 1 heterocycles. The molecule has 0 spiro atoms. The third-order valence-electron chi connectivity index (χ3n) is 2.37. The van der Waals surface area contributed by atoms with Crippen molar-refractivity contribution >= 4 is 33.6 Å². The van der Waals surface area contributed by atoms with Crippen LogP contribution in [0.1, 0.15) is 6.92 Å². The smallest absolute Gasteiger partial charge is 0.354 e. The van der Waals surface area contributed by atoms with Crippen LogP contribution < -0.4 is 0 Å². The summed E-state index contributed by atoms with van der Waals surface area (Å²) >= 11 is 3.27. The molecule has 1 aliphatic rings. The number of alkyl halides is 1. The van der Waals surface area contributed by atoms with E-state index in [1.165, 1.54) is 14.2 Å². The Bertz CT molecular complexity index is 438. The number of carbonyl (C=O) groups excluding carboxylic acids is 2. The molecule has 0 N–H and O–H groups in total. The van der Waals surface area contributed by atoms with Gasteiger partial charge in [-0.2, -0.15) is 0 Å². The highest BCUT2D eigenvalue weighted by atomic mass is 79.9. The zero-order valence-corrected chi connectivity index (χ0v) is 11.9. The second-order valence-corrected chi connectivity index (χ2v) is 4.16. The molecule has 1 aliphatic heterocycles. The largest absolute Gasteiger partial charge is 0.468 e. The van der Waals surface area contributed by atoms with Gasteiger partial charge in [0, 0.05) is 0 Å². The molecular weight excluding hydrogens is 304 g/mol. The van der Waals surface area contributed by atoms with E-state index in [-0.39, 0.29) is 12.3 Å². The van der Waals surface area contributed by atoms with Crippen molar-refractivity contribution in [1.82, 2.24) is 4.90 Å². The van der Waals surface area contributed by atoms with Crippen LogP contribution in [0.2, 0.25) is 0 Å². The maximum absolute atomic E-state index is 11.7. The Balaban J connectivity index is 3.03. The van der Waals surface area contributed by atoms with Gasteiger partial charge in [-0.1, -0.05) is 5.92 Å². The second-order valence-electron chi connectivity index (χ2n) is 3.34. The molecule has 7 heteroatoms. The third-order valence-corrected chi connectivity index (χ3v) is 3.10. The Hall–Kier alpha value is -1.39. The van der Waals surface area contributed by atoms with Gasteiger partial charge < -0.3 is 9.47 Å². The Morgan fingerprint density at radius 2 is 2.11 bits per heavy atom. The van der Waals surface area contributed by atoms with Gasteiger partial charge in [-0.15, -0.1) is 5.92 Å². The molecule has 0 radical (unpaired) electrons. The van der Waals surface area contributed by atoms with Crippen LogP contribution in [0.4, 0.5) is 0 Å². The number of hydrogen-bond donors (Lipinski definition) is 0. The van der Waals surface area contributed by atoms with Gasteiger partial charge in [0.1, 0.15) is 0 Å². The van der Waals surface area contributed by atoms with E-state index in [0.717, 1.165) is 0 Å². The fourth-order valence-corrected chi connectivity index (χ4v) is 2.11. The normalized spacial score (nSPS) is 22.8. The first-order chi connectivity index (χ1) is 8.56. The fraction of sp³-hybridized carbons (Fsp3) is 0.545. The Morgan fingerprint density at radius 3 is 2.61 bits per heavy atom. The van der Waals surface area contributed by atoms with Crippen molar-refractivity contribution in [3.63, 3.8) is 0 Å². The predicted octanol–water partition coefficient (Wildman–Crippen LogP) is 0.159. The van der Waals surface area contributed by atoms with Crippen LogP contribution in [0.5, 0.6) is 0 Å². The molecule has 0 saturated carbocycles. The lowest BCUT2D eigenvalue weighted by Crippen LogP contribution is -2.47. The number of rotatable bonds is 3. The van der Waals surface area contributed by atoms with E-state index in [1.807, 2.05) is 0 Å². The van der Waals surface area contributed by atoms with E-state index in [4.69, 9.17) is 0 Å². The summed E-state index contributed by atoms with van der Waals surface area (Å²) in [6.45, 7) is 1.98. The molecule has 0 saturated heterocycles. The fourth-order valence-electron chi connectivity index (χ4n) is 1.50. The summed E-state index contributed by atoms with van der Waals surface area (Å²) < 4.78 is 9.28. The number of methoxy groups -OCH3 is 2. The van der Waals surface area contributed by atoms with Crippen LogP contribution >= 0.6 is 15.9 Å². The number of halogens is 1. The predicted molar refractivity (Wildman–Crippen MR) is 68.1 cm³/mol. The van der Waals surface area contributed by atoms with Crippen LogP contribution in [0.25, 0.3) is 0 Å². The van der Waals surface area contributed by atoms with E-state index in [0.29, 0.717) is 0 Å². The maximum Gasteiger partial charge on any atom is 0.354 e.